The summed E-state index contributed by atoms with van der Waals surface area (Å²) in [4.78, 5) is 22.5. The molecule has 1 N–H and O–H groups in total. The van der Waals surface area contributed by atoms with Crippen molar-refractivity contribution in [2.75, 3.05) is 18.5 Å². The molecule has 0 aliphatic carbocycles. The number of nitro benzene ring substituents is 1. The van der Waals surface area contributed by atoms with Crippen LogP contribution in [-0.2, 0) is 11.2 Å². The quantitative estimate of drug-likeness (QED) is 0.665. The van der Waals surface area contributed by atoms with Gasteiger partial charge in [-0.1, -0.05) is 12.1 Å². The molecule has 25 heavy (non-hydrogen) atoms. The van der Waals surface area contributed by atoms with Crippen LogP contribution in [0.25, 0.3) is 0 Å². The topological polar surface area (TPSA) is 90.7 Å². The van der Waals surface area contributed by atoms with Crippen molar-refractivity contribution in [2.24, 2.45) is 0 Å². The Hall–Kier alpha value is -3.09. The fourth-order valence-corrected chi connectivity index (χ4v) is 2.57. The highest BCUT2D eigenvalue weighted by Gasteiger charge is 2.14. The number of hydrogen-bond donors (Lipinski definition) is 1. The predicted octanol–water partition coefficient (Wildman–Crippen LogP) is 3.25. The molecule has 0 saturated heterocycles. The summed E-state index contributed by atoms with van der Waals surface area (Å²) in [6.45, 7) is 2.85. The predicted molar refractivity (Wildman–Crippen MR) is 92.2 cm³/mol. The van der Waals surface area contributed by atoms with Crippen molar-refractivity contribution >= 4 is 17.3 Å². The summed E-state index contributed by atoms with van der Waals surface area (Å²) in [6, 6.07) is 10.0. The molecule has 1 amide bonds. The van der Waals surface area contributed by atoms with Gasteiger partial charge in [-0.2, -0.15) is 0 Å². The highest BCUT2D eigenvalue weighted by atomic mass is 16.6. The van der Waals surface area contributed by atoms with Crippen LogP contribution in [-0.4, -0.2) is 24.0 Å². The number of anilines is 1. The molecular weight excluding hydrogens is 324 g/mol. The van der Waals surface area contributed by atoms with Crippen molar-refractivity contribution in [1.29, 1.82) is 0 Å². The fourth-order valence-electron chi connectivity index (χ4n) is 2.57. The maximum absolute atomic E-state index is 12.2. The Kier molecular flexibility index (Phi) is 4.83. The number of nitrogens with zero attached hydrogens (tertiary/aromatic N) is 1. The number of ether oxygens (including phenoxy) is 2. The van der Waals surface area contributed by atoms with Gasteiger partial charge < -0.3 is 14.8 Å². The van der Waals surface area contributed by atoms with Gasteiger partial charge in [0.15, 0.2) is 11.5 Å². The first kappa shape index (κ1) is 16.8. The van der Waals surface area contributed by atoms with Crippen molar-refractivity contribution in [1.82, 2.24) is 0 Å². The summed E-state index contributed by atoms with van der Waals surface area (Å²) in [7, 11) is 0. The number of hydrogen-bond acceptors (Lipinski definition) is 5. The molecule has 0 unspecified atom stereocenters. The fraction of sp³-hybridized carbons (Fsp3) is 0.278. The van der Waals surface area contributed by atoms with Gasteiger partial charge in [0.1, 0.15) is 13.2 Å². The molecule has 0 radical (unpaired) electrons. The molecule has 1 aliphatic rings. The largest absolute Gasteiger partial charge is 0.486 e. The first-order chi connectivity index (χ1) is 12.0. The molecule has 1 heterocycles. The van der Waals surface area contributed by atoms with E-state index in [1.54, 1.807) is 13.0 Å². The molecule has 0 fully saturated rings. The van der Waals surface area contributed by atoms with E-state index in [9.17, 15) is 14.9 Å². The van der Waals surface area contributed by atoms with Crippen LogP contribution in [0.5, 0.6) is 11.5 Å². The Morgan fingerprint density at radius 2 is 1.92 bits per heavy atom. The number of fused-ring (bicyclic) bond motifs is 1. The van der Waals surface area contributed by atoms with E-state index in [0.717, 1.165) is 11.1 Å². The molecule has 0 spiro atoms. The number of non-ortho nitro benzene ring substituents is 1. The van der Waals surface area contributed by atoms with Crippen LogP contribution in [0.3, 0.4) is 0 Å². The smallest absolute Gasteiger partial charge is 0.271 e. The van der Waals surface area contributed by atoms with E-state index in [2.05, 4.69) is 5.32 Å². The summed E-state index contributed by atoms with van der Waals surface area (Å²) < 4.78 is 11.0. The Morgan fingerprint density at radius 3 is 2.68 bits per heavy atom. The minimum absolute atomic E-state index is 0.0484. The molecular formula is C18H18N2O5. The third kappa shape index (κ3) is 4.06. The molecule has 3 rings (SSSR count). The van der Waals surface area contributed by atoms with Crippen LogP contribution >= 0.6 is 0 Å². The lowest BCUT2D eigenvalue weighted by atomic mass is 10.1. The first-order valence-electron chi connectivity index (χ1n) is 7.96. The molecule has 0 bridgehead atoms. The van der Waals surface area contributed by atoms with Gasteiger partial charge in [0.25, 0.3) is 5.69 Å². The highest BCUT2D eigenvalue weighted by Crippen LogP contribution is 2.31. The Labute approximate surface area is 144 Å². The lowest BCUT2D eigenvalue weighted by Gasteiger charge is -2.18. The average molecular weight is 342 g/mol. The molecule has 2 aromatic rings. The van der Waals surface area contributed by atoms with Crippen LogP contribution in [0.4, 0.5) is 11.4 Å². The third-order valence-corrected chi connectivity index (χ3v) is 3.95. The number of nitrogens with one attached hydrogen (secondary N) is 1. The Balaban J connectivity index is 1.62. The summed E-state index contributed by atoms with van der Waals surface area (Å²) in [5.74, 6) is 1.21. The zero-order chi connectivity index (χ0) is 17.8. The molecule has 0 saturated carbocycles. The van der Waals surface area contributed by atoms with E-state index < -0.39 is 4.92 Å². The van der Waals surface area contributed by atoms with Crippen molar-refractivity contribution in [3.8, 4) is 11.5 Å². The Morgan fingerprint density at radius 1 is 1.16 bits per heavy atom. The molecule has 0 aromatic heterocycles. The number of carbonyl (C=O) groups is 1. The molecule has 0 atom stereocenters. The van der Waals surface area contributed by atoms with E-state index in [-0.39, 0.29) is 18.0 Å². The second-order valence-corrected chi connectivity index (χ2v) is 5.78. The summed E-state index contributed by atoms with van der Waals surface area (Å²) >= 11 is 0. The van der Waals surface area contributed by atoms with Crippen molar-refractivity contribution in [3.05, 3.63) is 57.6 Å². The molecule has 7 heteroatoms. The van der Waals surface area contributed by atoms with Gasteiger partial charge >= 0.3 is 0 Å². The van der Waals surface area contributed by atoms with Crippen LogP contribution in [0, 0.1) is 17.0 Å². The first-order valence-corrected chi connectivity index (χ1v) is 7.96. The summed E-state index contributed by atoms with van der Waals surface area (Å²) in [6.07, 6.45) is 0.804. The van der Waals surface area contributed by atoms with E-state index >= 15 is 0 Å². The second-order valence-electron chi connectivity index (χ2n) is 5.78. The van der Waals surface area contributed by atoms with Gasteiger partial charge in [0.05, 0.1) is 10.6 Å². The van der Waals surface area contributed by atoms with Gasteiger partial charge in [-0.15, -0.1) is 0 Å². The normalized spacial score (nSPS) is 12.5. The second kappa shape index (κ2) is 7.21. The lowest BCUT2D eigenvalue weighted by molar-refractivity contribution is -0.384. The summed E-state index contributed by atoms with van der Waals surface area (Å²) in [5.41, 5.74) is 2.16. The van der Waals surface area contributed by atoms with Crippen LogP contribution < -0.4 is 14.8 Å². The van der Waals surface area contributed by atoms with E-state index in [1.807, 2.05) is 18.2 Å². The minimum atomic E-state index is -0.482. The van der Waals surface area contributed by atoms with Crippen molar-refractivity contribution in [2.45, 2.75) is 19.8 Å². The molecule has 1 aliphatic heterocycles. The number of nitro groups is 1. The average Bonchev–Trinajstić information content (AvgIpc) is 2.61. The van der Waals surface area contributed by atoms with Gasteiger partial charge in [0, 0.05) is 18.6 Å². The zero-order valence-corrected chi connectivity index (χ0v) is 13.8. The maximum Gasteiger partial charge on any atom is 0.271 e. The minimum Gasteiger partial charge on any atom is -0.486 e. The van der Waals surface area contributed by atoms with Gasteiger partial charge in [-0.05, 0) is 36.6 Å². The number of aryl methyl sites for hydroxylation is 2. The number of rotatable bonds is 5. The van der Waals surface area contributed by atoms with Gasteiger partial charge in [0.2, 0.25) is 5.91 Å². The number of amides is 1. The third-order valence-electron chi connectivity index (χ3n) is 3.95. The molecule has 7 nitrogen and oxygen atoms in total. The molecule has 130 valence electrons. The van der Waals surface area contributed by atoms with Crippen LogP contribution in [0.15, 0.2) is 36.4 Å². The van der Waals surface area contributed by atoms with Gasteiger partial charge in [-0.3, -0.25) is 14.9 Å². The summed E-state index contributed by atoms with van der Waals surface area (Å²) in [5, 5.41) is 13.6. The van der Waals surface area contributed by atoms with Gasteiger partial charge in [-0.25, -0.2) is 0 Å². The van der Waals surface area contributed by atoms with E-state index in [0.29, 0.717) is 36.8 Å². The monoisotopic (exact) mass is 342 g/mol. The molecule has 2 aromatic carbocycles. The van der Waals surface area contributed by atoms with Crippen LogP contribution in [0.1, 0.15) is 17.5 Å². The highest BCUT2D eigenvalue weighted by molar-refractivity contribution is 5.92. The van der Waals surface area contributed by atoms with E-state index in [1.165, 1.54) is 12.1 Å². The Bertz CT molecular complexity index is 819. The van der Waals surface area contributed by atoms with E-state index in [4.69, 9.17) is 9.47 Å². The maximum atomic E-state index is 12.2. The standard InChI is InChI=1S/C18H18N2O5/c1-12-2-5-14(20(22)23)11-15(12)19-18(21)7-4-13-3-6-16-17(10-13)25-9-8-24-16/h2-3,5-6,10-11H,4,7-9H2,1H3,(H,19,21). The van der Waals surface area contributed by atoms with Crippen molar-refractivity contribution < 1.29 is 19.2 Å². The SMILES string of the molecule is Cc1ccc([N+](=O)[O-])cc1NC(=O)CCc1ccc2c(c1)OCCO2. The van der Waals surface area contributed by atoms with Crippen molar-refractivity contribution in [3.63, 3.8) is 0 Å². The number of carbonyl (C=O) groups excluding carboxylic acids is 1. The zero-order valence-electron chi connectivity index (χ0n) is 13.8. The number of benzene rings is 2. The van der Waals surface area contributed by atoms with Crippen LogP contribution in [0.2, 0.25) is 0 Å². The lowest BCUT2D eigenvalue weighted by Crippen LogP contribution is -2.16.